The summed E-state index contributed by atoms with van der Waals surface area (Å²) >= 11 is 3.55. The Kier molecular flexibility index (Phi) is 4.36. The molecule has 0 N–H and O–H groups in total. The van der Waals surface area contributed by atoms with Gasteiger partial charge < -0.3 is 4.40 Å². The molecular weight excluding hydrogens is 384 g/mol. The van der Waals surface area contributed by atoms with Gasteiger partial charge in [-0.15, -0.1) is 0 Å². The van der Waals surface area contributed by atoms with Crippen molar-refractivity contribution in [3.63, 3.8) is 0 Å². The van der Waals surface area contributed by atoms with E-state index in [9.17, 15) is 0 Å². The standard InChI is InChI=1S/C23H25BrN2/c24-20-9-7-18(8-10-20)17-3-1-16(2-4-17)13-23-22(19-5-6-19)12-11-21-14-25-15-26(21)23/h7-12,14-17,19H,1-6,13H2/t16-,17-. The molecule has 2 aliphatic carbocycles. The Bertz CT molecular complexity index is 900. The molecular formula is C23H25BrN2. The number of benzene rings is 1. The maximum atomic E-state index is 4.39. The minimum absolute atomic E-state index is 0.742. The van der Waals surface area contributed by atoms with Crippen molar-refractivity contribution in [3.05, 3.63) is 70.2 Å². The highest BCUT2D eigenvalue weighted by molar-refractivity contribution is 9.10. The molecule has 0 aliphatic heterocycles. The smallest absolute Gasteiger partial charge is 0.0994 e. The van der Waals surface area contributed by atoms with Crippen LogP contribution >= 0.6 is 15.9 Å². The first-order valence-corrected chi connectivity index (χ1v) is 10.8. The molecule has 2 saturated carbocycles. The molecule has 0 atom stereocenters. The molecule has 0 radical (unpaired) electrons. The SMILES string of the molecule is Brc1ccc([C@H]2CC[C@H](Cc3c(C4CC4)ccc4cncn34)CC2)cc1. The van der Waals surface area contributed by atoms with Gasteiger partial charge in [0.25, 0.3) is 0 Å². The first-order chi connectivity index (χ1) is 12.8. The highest BCUT2D eigenvalue weighted by atomic mass is 79.9. The molecule has 2 fully saturated rings. The lowest BCUT2D eigenvalue weighted by atomic mass is 9.77. The zero-order valence-electron chi connectivity index (χ0n) is 15.1. The van der Waals surface area contributed by atoms with Crippen LogP contribution in [0.4, 0.5) is 0 Å². The van der Waals surface area contributed by atoms with Crippen LogP contribution in [-0.2, 0) is 6.42 Å². The molecule has 2 aliphatic rings. The van der Waals surface area contributed by atoms with Crippen LogP contribution in [0.1, 0.15) is 67.2 Å². The fraction of sp³-hybridized carbons (Fsp3) is 0.435. The number of halogens is 1. The fourth-order valence-corrected chi connectivity index (χ4v) is 5.02. The predicted molar refractivity (Wildman–Crippen MR) is 110 cm³/mol. The third-order valence-corrected chi connectivity index (χ3v) is 6.94. The first kappa shape index (κ1) is 16.6. The lowest BCUT2D eigenvalue weighted by molar-refractivity contribution is 0.321. The van der Waals surface area contributed by atoms with Crippen molar-refractivity contribution >= 4 is 21.4 Å². The lowest BCUT2D eigenvalue weighted by Gasteiger charge is -2.29. The summed E-state index contributed by atoms with van der Waals surface area (Å²) in [7, 11) is 0. The predicted octanol–water partition coefficient (Wildman–Crippen LogP) is 6.49. The summed E-state index contributed by atoms with van der Waals surface area (Å²) in [4.78, 5) is 4.39. The lowest BCUT2D eigenvalue weighted by Crippen LogP contribution is -2.17. The topological polar surface area (TPSA) is 17.3 Å². The maximum Gasteiger partial charge on any atom is 0.0994 e. The van der Waals surface area contributed by atoms with Gasteiger partial charge >= 0.3 is 0 Å². The van der Waals surface area contributed by atoms with E-state index in [2.05, 4.69) is 61.7 Å². The van der Waals surface area contributed by atoms with Crippen LogP contribution in [0.5, 0.6) is 0 Å². The summed E-state index contributed by atoms with van der Waals surface area (Å²) in [5.41, 5.74) is 5.88. The van der Waals surface area contributed by atoms with Crippen LogP contribution in [0.3, 0.4) is 0 Å². The van der Waals surface area contributed by atoms with E-state index in [1.54, 1.807) is 5.56 Å². The van der Waals surface area contributed by atoms with E-state index >= 15 is 0 Å². The van der Waals surface area contributed by atoms with Gasteiger partial charge in [-0.1, -0.05) is 34.1 Å². The molecule has 0 unspecified atom stereocenters. The van der Waals surface area contributed by atoms with Crippen LogP contribution in [0.2, 0.25) is 0 Å². The van der Waals surface area contributed by atoms with Crippen LogP contribution in [0.15, 0.2) is 53.4 Å². The molecule has 2 aromatic heterocycles. The van der Waals surface area contributed by atoms with Gasteiger partial charge in [0.1, 0.15) is 0 Å². The van der Waals surface area contributed by atoms with E-state index in [1.807, 2.05) is 12.5 Å². The molecule has 3 aromatic rings. The Morgan fingerprint density at radius 1 is 0.885 bits per heavy atom. The van der Waals surface area contributed by atoms with Crippen LogP contribution in [-0.4, -0.2) is 9.38 Å². The average Bonchev–Trinajstić information content (AvgIpc) is 3.40. The monoisotopic (exact) mass is 408 g/mol. The summed E-state index contributed by atoms with van der Waals surface area (Å²) in [5.74, 6) is 2.36. The molecule has 2 heterocycles. The van der Waals surface area contributed by atoms with E-state index in [-0.39, 0.29) is 0 Å². The van der Waals surface area contributed by atoms with Gasteiger partial charge in [0, 0.05) is 10.2 Å². The van der Waals surface area contributed by atoms with E-state index in [1.165, 1.54) is 66.2 Å². The van der Waals surface area contributed by atoms with E-state index in [0.29, 0.717) is 0 Å². The summed E-state index contributed by atoms with van der Waals surface area (Å²) in [5, 5.41) is 0. The second-order valence-electron chi connectivity index (χ2n) is 8.17. The molecule has 0 spiro atoms. The Morgan fingerprint density at radius 3 is 2.35 bits per heavy atom. The van der Waals surface area contributed by atoms with E-state index in [0.717, 1.165) is 17.8 Å². The Balaban J connectivity index is 1.32. The van der Waals surface area contributed by atoms with Gasteiger partial charge in [-0.2, -0.15) is 0 Å². The van der Waals surface area contributed by atoms with Crippen molar-refractivity contribution in [2.45, 2.75) is 56.8 Å². The van der Waals surface area contributed by atoms with Crippen molar-refractivity contribution in [1.29, 1.82) is 0 Å². The van der Waals surface area contributed by atoms with Crippen molar-refractivity contribution in [2.75, 3.05) is 0 Å². The molecule has 0 bridgehead atoms. The largest absolute Gasteiger partial charge is 0.303 e. The summed E-state index contributed by atoms with van der Waals surface area (Å²) < 4.78 is 3.53. The Labute approximate surface area is 163 Å². The van der Waals surface area contributed by atoms with Crippen molar-refractivity contribution in [3.8, 4) is 0 Å². The minimum atomic E-state index is 0.742. The molecule has 0 amide bonds. The number of aromatic nitrogens is 2. The second-order valence-corrected chi connectivity index (χ2v) is 9.09. The Morgan fingerprint density at radius 2 is 1.62 bits per heavy atom. The van der Waals surface area contributed by atoms with Crippen LogP contribution in [0, 0.1) is 5.92 Å². The quantitative estimate of drug-likeness (QED) is 0.481. The molecule has 134 valence electrons. The number of rotatable bonds is 4. The number of pyridine rings is 1. The number of imidazole rings is 1. The van der Waals surface area contributed by atoms with E-state index < -0.39 is 0 Å². The summed E-state index contributed by atoms with van der Waals surface area (Å²) in [6, 6.07) is 13.6. The number of hydrogen-bond acceptors (Lipinski definition) is 1. The normalized spacial score (nSPS) is 23.4. The van der Waals surface area contributed by atoms with Gasteiger partial charge in [-0.05, 0) is 92.0 Å². The average molecular weight is 409 g/mol. The van der Waals surface area contributed by atoms with Gasteiger partial charge in [0.2, 0.25) is 0 Å². The minimum Gasteiger partial charge on any atom is -0.303 e. The maximum absolute atomic E-state index is 4.39. The van der Waals surface area contributed by atoms with Gasteiger partial charge in [0.05, 0.1) is 18.0 Å². The van der Waals surface area contributed by atoms with Gasteiger partial charge in [0.15, 0.2) is 0 Å². The zero-order chi connectivity index (χ0) is 17.5. The summed E-state index contributed by atoms with van der Waals surface area (Å²) in [6.45, 7) is 0. The van der Waals surface area contributed by atoms with Crippen molar-refractivity contribution in [1.82, 2.24) is 9.38 Å². The van der Waals surface area contributed by atoms with Crippen LogP contribution in [0.25, 0.3) is 5.52 Å². The third-order valence-electron chi connectivity index (χ3n) is 6.41. The zero-order valence-corrected chi connectivity index (χ0v) is 16.7. The molecule has 1 aromatic carbocycles. The van der Waals surface area contributed by atoms with E-state index in [4.69, 9.17) is 0 Å². The third kappa shape index (κ3) is 3.22. The van der Waals surface area contributed by atoms with Gasteiger partial charge in [-0.25, -0.2) is 4.98 Å². The molecule has 3 heteroatoms. The Hall–Kier alpha value is -1.61. The number of fused-ring (bicyclic) bond motifs is 1. The summed E-state index contributed by atoms with van der Waals surface area (Å²) in [6.07, 6.45) is 13.3. The molecule has 5 rings (SSSR count). The highest BCUT2D eigenvalue weighted by Crippen LogP contribution is 2.44. The molecule has 26 heavy (non-hydrogen) atoms. The number of nitrogens with zero attached hydrogens (tertiary/aromatic N) is 2. The first-order valence-electron chi connectivity index (χ1n) is 9.97. The highest BCUT2D eigenvalue weighted by Gasteiger charge is 2.29. The molecule has 0 saturated heterocycles. The van der Waals surface area contributed by atoms with Crippen LogP contribution < -0.4 is 0 Å². The van der Waals surface area contributed by atoms with Gasteiger partial charge in [-0.3, -0.25) is 0 Å². The second kappa shape index (κ2) is 6.84. The number of hydrogen-bond donors (Lipinski definition) is 0. The van der Waals surface area contributed by atoms with Crippen molar-refractivity contribution < 1.29 is 0 Å². The fourth-order valence-electron chi connectivity index (χ4n) is 4.76. The molecule has 2 nitrogen and oxygen atoms in total. The van der Waals surface area contributed by atoms with Crippen molar-refractivity contribution in [2.24, 2.45) is 5.92 Å².